The first kappa shape index (κ1) is 25.2. The summed E-state index contributed by atoms with van der Waals surface area (Å²) in [4.78, 5) is 37.5. The van der Waals surface area contributed by atoms with Crippen LogP contribution < -0.4 is 5.32 Å². The highest BCUT2D eigenvalue weighted by Gasteiger charge is 2.01. The Kier molecular flexibility index (Phi) is 15.8. The Morgan fingerprint density at radius 2 is 1.71 bits per heavy atom. The first-order valence-corrected chi connectivity index (χ1v) is 9.47. The van der Waals surface area contributed by atoms with Crippen LogP contribution in [0.15, 0.2) is 24.7 Å². The van der Waals surface area contributed by atoms with E-state index in [0.29, 0.717) is 25.3 Å². The van der Waals surface area contributed by atoms with Crippen molar-refractivity contribution in [3.8, 4) is 0 Å². The Morgan fingerprint density at radius 1 is 1.07 bits per heavy atom. The number of unbranched alkanes of at least 4 members (excludes halogenated alkanes) is 5. The summed E-state index contributed by atoms with van der Waals surface area (Å²) in [6.45, 7) is 3.37. The molecule has 1 aromatic heterocycles. The Morgan fingerprint density at radius 3 is 2.29 bits per heavy atom. The second kappa shape index (κ2) is 17.6. The van der Waals surface area contributed by atoms with Gasteiger partial charge < -0.3 is 25.3 Å². The van der Waals surface area contributed by atoms with Crippen LogP contribution in [0.25, 0.3) is 0 Å². The second-order valence-electron chi connectivity index (χ2n) is 6.02. The quantitative estimate of drug-likeness (QED) is 0.296. The van der Waals surface area contributed by atoms with E-state index in [1.165, 1.54) is 32.1 Å². The van der Waals surface area contributed by atoms with Crippen molar-refractivity contribution in [1.82, 2.24) is 15.3 Å². The highest BCUT2D eigenvalue weighted by Crippen LogP contribution is 2.04. The molecular formula is C19H31N3O6. The normalized spacial score (nSPS) is 10.2. The van der Waals surface area contributed by atoms with E-state index in [-0.39, 0.29) is 6.09 Å². The van der Waals surface area contributed by atoms with Gasteiger partial charge in [0.2, 0.25) is 0 Å². The molecule has 1 aromatic rings. The van der Waals surface area contributed by atoms with Crippen molar-refractivity contribution in [2.24, 2.45) is 0 Å². The highest BCUT2D eigenvalue weighted by atomic mass is 16.5. The minimum Gasteiger partial charge on any atom is -0.478 e. The van der Waals surface area contributed by atoms with E-state index in [1.807, 2.05) is 0 Å². The molecule has 28 heavy (non-hydrogen) atoms. The van der Waals surface area contributed by atoms with Gasteiger partial charge in [-0.2, -0.15) is 0 Å². The number of aromatic amines is 1. The molecular weight excluding hydrogens is 366 g/mol. The number of hydrogen-bond donors (Lipinski definition) is 4. The van der Waals surface area contributed by atoms with Gasteiger partial charge in [-0.1, -0.05) is 39.0 Å². The standard InChI is InChI=1S/C15H27N3O2.C4H4O4/c1-2-3-4-5-6-7-10-17-15(19)20-11-8-9-14-12-16-13-18-14;5-3(6)1-2-4(7)8/h12-13H,2-11H2,1H3,(H,16,18)(H,17,19);1-2H,(H,5,6)(H,7,8)/b;2-1+. The van der Waals surface area contributed by atoms with Gasteiger partial charge in [0.05, 0.1) is 12.9 Å². The molecule has 0 aliphatic rings. The molecule has 0 aliphatic carbocycles. The van der Waals surface area contributed by atoms with Crippen LogP contribution in [0.5, 0.6) is 0 Å². The van der Waals surface area contributed by atoms with E-state index in [1.54, 1.807) is 12.5 Å². The number of amides is 1. The summed E-state index contributed by atoms with van der Waals surface area (Å²) in [6.07, 6.45) is 13.3. The number of H-pyrrole nitrogens is 1. The first-order chi connectivity index (χ1) is 13.5. The van der Waals surface area contributed by atoms with Gasteiger partial charge in [0.25, 0.3) is 0 Å². The third-order valence-electron chi connectivity index (χ3n) is 3.55. The van der Waals surface area contributed by atoms with E-state index in [2.05, 4.69) is 22.2 Å². The second-order valence-corrected chi connectivity index (χ2v) is 6.02. The molecule has 0 radical (unpaired) electrons. The van der Waals surface area contributed by atoms with Crippen LogP contribution in [0.2, 0.25) is 0 Å². The Labute approximate surface area is 165 Å². The smallest absolute Gasteiger partial charge is 0.407 e. The summed E-state index contributed by atoms with van der Waals surface area (Å²) in [5.41, 5.74) is 1.07. The number of imidazole rings is 1. The summed E-state index contributed by atoms with van der Waals surface area (Å²) >= 11 is 0. The molecule has 9 heteroatoms. The average molecular weight is 397 g/mol. The molecule has 1 amide bonds. The predicted molar refractivity (Wildman–Crippen MR) is 104 cm³/mol. The first-order valence-electron chi connectivity index (χ1n) is 9.47. The molecule has 0 aliphatic heterocycles. The molecule has 0 saturated carbocycles. The van der Waals surface area contributed by atoms with Crippen LogP contribution in [0, 0.1) is 0 Å². The molecule has 0 saturated heterocycles. The van der Waals surface area contributed by atoms with E-state index in [9.17, 15) is 14.4 Å². The van der Waals surface area contributed by atoms with Crippen molar-refractivity contribution < 1.29 is 29.3 Å². The summed E-state index contributed by atoms with van der Waals surface area (Å²) in [7, 11) is 0. The number of aliphatic carboxylic acids is 2. The monoisotopic (exact) mass is 397 g/mol. The molecule has 4 N–H and O–H groups in total. The number of rotatable bonds is 13. The zero-order valence-corrected chi connectivity index (χ0v) is 16.4. The largest absolute Gasteiger partial charge is 0.478 e. The van der Waals surface area contributed by atoms with Gasteiger partial charge in [-0.15, -0.1) is 0 Å². The van der Waals surface area contributed by atoms with Crippen molar-refractivity contribution in [3.63, 3.8) is 0 Å². The number of aryl methyl sites for hydroxylation is 1. The Balaban J connectivity index is 0.000000769. The number of hydrogen-bond acceptors (Lipinski definition) is 5. The lowest BCUT2D eigenvalue weighted by molar-refractivity contribution is -0.134. The zero-order chi connectivity index (χ0) is 21.0. The molecule has 0 atom stereocenters. The molecule has 1 rings (SSSR count). The zero-order valence-electron chi connectivity index (χ0n) is 16.4. The number of aromatic nitrogens is 2. The van der Waals surface area contributed by atoms with E-state index < -0.39 is 11.9 Å². The van der Waals surface area contributed by atoms with E-state index >= 15 is 0 Å². The minimum atomic E-state index is -1.26. The summed E-state index contributed by atoms with van der Waals surface area (Å²) in [5, 5.41) is 18.4. The molecule has 9 nitrogen and oxygen atoms in total. The highest BCUT2D eigenvalue weighted by molar-refractivity contribution is 5.89. The fraction of sp³-hybridized carbons (Fsp3) is 0.579. The summed E-state index contributed by atoms with van der Waals surface area (Å²) < 4.78 is 5.10. The van der Waals surface area contributed by atoms with Crippen molar-refractivity contribution in [2.45, 2.75) is 58.3 Å². The molecule has 158 valence electrons. The fourth-order valence-corrected chi connectivity index (χ4v) is 2.14. The number of alkyl carbamates (subject to hydrolysis) is 1. The lowest BCUT2D eigenvalue weighted by Crippen LogP contribution is -2.25. The van der Waals surface area contributed by atoms with Crippen molar-refractivity contribution in [2.75, 3.05) is 13.2 Å². The maximum absolute atomic E-state index is 11.4. The van der Waals surface area contributed by atoms with Gasteiger partial charge in [0.1, 0.15) is 0 Å². The average Bonchev–Trinajstić information content (AvgIpc) is 3.17. The SMILES string of the molecule is CCCCCCCCNC(=O)OCCCc1cnc[nH]1.O=C(O)/C=C/C(=O)O. The van der Waals surface area contributed by atoms with Crippen LogP contribution in [0.4, 0.5) is 4.79 Å². The summed E-state index contributed by atoms with van der Waals surface area (Å²) in [6, 6.07) is 0. The van der Waals surface area contributed by atoms with Crippen LogP contribution in [0.3, 0.4) is 0 Å². The van der Waals surface area contributed by atoms with Gasteiger partial charge in [0.15, 0.2) is 0 Å². The maximum Gasteiger partial charge on any atom is 0.407 e. The predicted octanol–water partition coefficient (Wildman–Crippen LogP) is 3.14. The lowest BCUT2D eigenvalue weighted by atomic mass is 10.1. The lowest BCUT2D eigenvalue weighted by Gasteiger charge is -2.06. The number of carboxylic acids is 2. The molecule has 1 heterocycles. The molecule has 0 aromatic carbocycles. The number of carbonyl (C=O) groups excluding carboxylic acids is 1. The van der Waals surface area contributed by atoms with Gasteiger partial charge >= 0.3 is 18.0 Å². The van der Waals surface area contributed by atoms with E-state index in [0.717, 1.165) is 25.0 Å². The minimum absolute atomic E-state index is 0.303. The van der Waals surface area contributed by atoms with Crippen molar-refractivity contribution in [1.29, 1.82) is 0 Å². The number of carboxylic acid groups (broad SMARTS) is 2. The topological polar surface area (TPSA) is 142 Å². The maximum atomic E-state index is 11.4. The van der Waals surface area contributed by atoms with Gasteiger partial charge in [-0.3, -0.25) is 0 Å². The van der Waals surface area contributed by atoms with Gasteiger partial charge in [0, 0.05) is 30.6 Å². The third-order valence-corrected chi connectivity index (χ3v) is 3.55. The third kappa shape index (κ3) is 18.0. The van der Waals surface area contributed by atoms with Gasteiger partial charge in [-0.05, 0) is 19.3 Å². The van der Waals surface area contributed by atoms with Gasteiger partial charge in [-0.25, -0.2) is 19.4 Å². The number of carbonyl (C=O) groups is 3. The van der Waals surface area contributed by atoms with Crippen molar-refractivity contribution in [3.05, 3.63) is 30.4 Å². The Hall–Kier alpha value is -2.84. The Bertz CT molecular complexity index is 556. The number of nitrogens with one attached hydrogen (secondary N) is 2. The van der Waals surface area contributed by atoms with Crippen LogP contribution in [0.1, 0.15) is 57.6 Å². The fourth-order valence-electron chi connectivity index (χ4n) is 2.14. The molecule has 0 bridgehead atoms. The summed E-state index contributed by atoms with van der Waals surface area (Å²) in [5.74, 6) is -2.51. The number of nitrogens with zero attached hydrogens (tertiary/aromatic N) is 1. The van der Waals surface area contributed by atoms with Crippen LogP contribution in [-0.4, -0.2) is 51.4 Å². The molecule has 0 fully saturated rings. The number of ether oxygens (including phenoxy) is 1. The van der Waals surface area contributed by atoms with Crippen LogP contribution in [-0.2, 0) is 20.7 Å². The van der Waals surface area contributed by atoms with Crippen molar-refractivity contribution >= 4 is 18.0 Å². The molecule has 0 unspecified atom stereocenters. The molecule has 0 spiro atoms. The van der Waals surface area contributed by atoms with Crippen LogP contribution >= 0.6 is 0 Å². The van der Waals surface area contributed by atoms with E-state index in [4.69, 9.17) is 14.9 Å².